The van der Waals surface area contributed by atoms with Gasteiger partial charge < -0.3 is 19.7 Å². The molecular weight excluding hydrogens is 224 g/mol. The lowest BCUT2D eigenvalue weighted by atomic mass is 9.78. The Morgan fingerprint density at radius 2 is 2.12 bits per heavy atom. The summed E-state index contributed by atoms with van der Waals surface area (Å²) >= 11 is 0. The zero-order valence-electron chi connectivity index (χ0n) is 9.16. The second kappa shape index (κ2) is 3.29. The van der Waals surface area contributed by atoms with E-state index in [1.54, 1.807) is 24.3 Å². The van der Waals surface area contributed by atoms with Crippen LogP contribution in [0.1, 0.15) is 17.2 Å². The number of aliphatic hydroxyl groups is 2. The Morgan fingerprint density at radius 3 is 2.82 bits per heavy atom. The van der Waals surface area contributed by atoms with E-state index in [4.69, 9.17) is 9.47 Å². The SMILES string of the molecule is COC(=O)[C@@]12O[C@@H](c3ccccc31)[C@@H](O)[C@H]2O. The van der Waals surface area contributed by atoms with Gasteiger partial charge in [0.25, 0.3) is 0 Å². The van der Waals surface area contributed by atoms with Gasteiger partial charge in [-0.2, -0.15) is 0 Å². The molecule has 2 heterocycles. The highest BCUT2D eigenvalue weighted by Gasteiger charge is 2.66. The Kier molecular flexibility index (Phi) is 2.07. The summed E-state index contributed by atoms with van der Waals surface area (Å²) in [5.74, 6) is -0.684. The molecule has 5 heteroatoms. The van der Waals surface area contributed by atoms with Gasteiger partial charge in [-0.1, -0.05) is 24.3 Å². The summed E-state index contributed by atoms with van der Waals surface area (Å²) in [7, 11) is 1.23. The van der Waals surface area contributed by atoms with Crippen LogP contribution in [0, 0.1) is 0 Å². The summed E-state index contributed by atoms with van der Waals surface area (Å²) in [6, 6.07) is 7.04. The zero-order chi connectivity index (χ0) is 12.2. The van der Waals surface area contributed by atoms with Crippen LogP contribution >= 0.6 is 0 Å². The molecule has 1 fully saturated rings. The van der Waals surface area contributed by atoms with Crippen molar-refractivity contribution < 1.29 is 24.5 Å². The summed E-state index contributed by atoms with van der Waals surface area (Å²) in [6.45, 7) is 0. The number of carbonyl (C=O) groups excluding carboxylic acids is 1. The van der Waals surface area contributed by atoms with Gasteiger partial charge in [-0.3, -0.25) is 0 Å². The normalized spacial score (nSPS) is 37.9. The van der Waals surface area contributed by atoms with Gasteiger partial charge in [-0.05, 0) is 5.56 Å². The first kappa shape index (κ1) is 10.7. The van der Waals surface area contributed by atoms with E-state index in [1.807, 2.05) is 0 Å². The molecular formula is C12H12O5. The molecule has 17 heavy (non-hydrogen) atoms. The van der Waals surface area contributed by atoms with Gasteiger partial charge in [0.05, 0.1) is 7.11 Å². The molecule has 0 unspecified atom stereocenters. The first-order chi connectivity index (χ1) is 8.13. The van der Waals surface area contributed by atoms with E-state index in [0.717, 1.165) is 5.56 Å². The summed E-state index contributed by atoms with van der Waals surface area (Å²) in [5, 5.41) is 19.9. The fourth-order valence-electron chi connectivity index (χ4n) is 2.73. The third-order valence-corrected chi connectivity index (χ3v) is 3.52. The van der Waals surface area contributed by atoms with Crippen LogP contribution in [0.3, 0.4) is 0 Å². The van der Waals surface area contributed by atoms with Gasteiger partial charge in [-0.25, -0.2) is 4.79 Å². The number of benzene rings is 1. The number of fused-ring (bicyclic) bond motifs is 5. The summed E-state index contributed by atoms with van der Waals surface area (Å²) in [4.78, 5) is 11.9. The lowest BCUT2D eigenvalue weighted by molar-refractivity contribution is -0.175. The monoisotopic (exact) mass is 236 g/mol. The van der Waals surface area contributed by atoms with Crippen LogP contribution in [0.2, 0.25) is 0 Å². The highest BCUT2D eigenvalue weighted by molar-refractivity contribution is 5.85. The molecule has 0 aromatic heterocycles. The van der Waals surface area contributed by atoms with Crippen molar-refractivity contribution in [3.63, 3.8) is 0 Å². The number of methoxy groups -OCH3 is 1. The van der Waals surface area contributed by atoms with E-state index < -0.39 is 29.9 Å². The minimum atomic E-state index is -1.57. The molecule has 0 radical (unpaired) electrons. The van der Waals surface area contributed by atoms with Crippen molar-refractivity contribution in [2.24, 2.45) is 0 Å². The Bertz CT molecular complexity index is 486. The van der Waals surface area contributed by atoms with Crippen molar-refractivity contribution >= 4 is 5.97 Å². The van der Waals surface area contributed by atoms with Crippen molar-refractivity contribution in [2.45, 2.75) is 23.9 Å². The number of carbonyl (C=O) groups is 1. The van der Waals surface area contributed by atoms with E-state index >= 15 is 0 Å². The highest BCUT2D eigenvalue weighted by atomic mass is 16.6. The van der Waals surface area contributed by atoms with Gasteiger partial charge in [0, 0.05) is 5.56 Å². The second-order valence-corrected chi connectivity index (χ2v) is 4.29. The van der Waals surface area contributed by atoms with Crippen LogP contribution in [0.15, 0.2) is 24.3 Å². The van der Waals surface area contributed by atoms with Gasteiger partial charge in [0.2, 0.25) is 5.60 Å². The first-order valence-electron chi connectivity index (χ1n) is 5.34. The molecule has 90 valence electrons. The molecule has 0 amide bonds. The molecule has 1 saturated heterocycles. The lowest BCUT2D eigenvalue weighted by Gasteiger charge is -2.29. The predicted octanol–water partition coefficient (Wildman–Crippen LogP) is -0.138. The molecule has 0 spiro atoms. The number of hydrogen-bond donors (Lipinski definition) is 2. The number of aliphatic hydroxyl groups excluding tert-OH is 2. The highest BCUT2D eigenvalue weighted by Crippen LogP contribution is 2.55. The largest absolute Gasteiger partial charge is 0.467 e. The maximum atomic E-state index is 11.9. The lowest BCUT2D eigenvalue weighted by Crippen LogP contribution is -2.49. The maximum Gasteiger partial charge on any atom is 0.345 e. The molecule has 4 atom stereocenters. The van der Waals surface area contributed by atoms with Gasteiger partial charge in [0.1, 0.15) is 18.3 Å². The average molecular weight is 236 g/mol. The standard InChI is InChI=1S/C12H12O5/c1-16-11(15)12-7-5-3-2-4-6(7)9(17-12)8(13)10(12)14/h2-5,8-10,13-14H,1H3/t8-,9+,10-,12-/m1/s1. The van der Waals surface area contributed by atoms with Crippen molar-refractivity contribution in [2.75, 3.05) is 7.11 Å². The molecule has 1 aromatic carbocycles. The van der Waals surface area contributed by atoms with Gasteiger partial charge >= 0.3 is 5.97 Å². The number of ether oxygens (including phenoxy) is 2. The topological polar surface area (TPSA) is 76.0 Å². The van der Waals surface area contributed by atoms with E-state index in [1.165, 1.54) is 7.11 Å². The van der Waals surface area contributed by atoms with Crippen LogP contribution in [0.25, 0.3) is 0 Å². The molecule has 1 aromatic rings. The third-order valence-electron chi connectivity index (χ3n) is 3.52. The van der Waals surface area contributed by atoms with Crippen LogP contribution in [-0.4, -0.2) is 35.5 Å². The smallest absolute Gasteiger partial charge is 0.345 e. The van der Waals surface area contributed by atoms with E-state index in [9.17, 15) is 15.0 Å². The summed E-state index contributed by atoms with van der Waals surface area (Å²) in [6.07, 6.45) is -3.07. The Balaban J connectivity index is 2.23. The zero-order valence-corrected chi connectivity index (χ0v) is 9.16. The molecule has 2 aliphatic rings. The minimum absolute atomic E-state index is 0.578. The first-order valence-corrected chi connectivity index (χ1v) is 5.34. The molecule has 5 nitrogen and oxygen atoms in total. The fourth-order valence-corrected chi connectivity index (χ4v) is 2.73. The molecule has 2 N–H and O–H groups in total. The number of hydrogen-bond acceptors (Lipinski definition) is 5. The van der Waals surface area contributed by atoms with Crippen molar-refractivity contribution in [1.29, 1.82) is 0 Å². The average Bonchev–Trinajstić information content (AvgIpc) is 2.84. The number of rotatable bonds is 1. The predicted molar refractivity (Wildman–Crippen MR) is 56.0 cm³/mol. The molecule has 0 aliphatic carbocycles. The van der Waals surface area contributed by atoms with Crippen LogP contribution in [0.5, 0.6) is 0 Å². The van der Waals surface area contributed by atoms with Crippen LogP contribution < -0.4 is 0 Å². The van der Waals surface area contributed by atoms with Gasteiger partial charge in [-0.15, -0.1) is 0 Å². The second-order valence-electron chi connectivity index (χ2n) is 4.29. The van der Waals surface area contributed by atoms with Gasteiger partial charge in [0.15, 0.2) is 0 Å². The third kappa shape index (κ3) is 1.06. The molecule has 0 saturated carbocycles. The molecule has 3 rings (SSSR count). The van der Waals surface area contributed by atoms with Crippen molar-refractivity contribution in [3.05, 3.63) is 35.4 Å². The van der Waals surface area contributed by atoms with E-state index in [0.29, 0.717) is 5.56 Å². The van der Waals surface area contributed by atoms with Crippen LogP contribution in [-0.2, 0) is 19.9 Å². The van der Waals surface area contributed by atoms with Crippen molar-refractivity contribution in [1.82, 2.24) is 0 Å². The summed E-state index contributed by atoms with van der Waals surface area (Å²) < 4.78 is 10.2. The minimum Gasteiger partial charge on any atom is -0.467 e. The van der Waals surface area contributed by atoms with Crippen LogP contribution in [0.4, 0.5) is 0 Å². The Morgan fingerprint density at radius 1 is 1.41 bits per heavy atom. The fraction of sp³-hybridized carbons (Fsp3) is 0.417. The summed E-state index contributed by atoms with van der Waals surface area (Å²) in [5.41, 5.74) is -0.263. The quantitative estimate of drug-likeness (QED) is 0.664. The molecule has 2 aliphatic heterocycles. The number of esters is 1. The maximum absolute atomic E-state index is 11.9. The molecule has 2 bridgehead atoms. The van der Waals surface area contributed by atoms with E-state index in [2.05, 4.69) is 0 Å². The van der Waals surface area contributed by atoms with Crippen molar-refractivity contribution in [3.8, 4) is 0 Å². The van der Waals surface area contributed by atoms with E-state index in [-0.39, 0.29) is 0 Å². The Labute approximate surface area is 97.6 Å². The Hall–Kier alpha value is -1.43.